The van der Waals surface area contributed by atoms with Gasteiger partial charge in [-0.2, -0.15) is 4.98 Å². The molecule has 2 rings (SSSR count). The van der Waals surface area contributed by atoms with Gasteiger partial charge < -0.3 is 15.1 Å². The molecule has 104 valence electrons. The number of nitrogen functional groups attached to an aromatic ring is 1. The Hall–Kier alpha value is -1.71. The van der Waals surface area contributed by atoms with Crippen LogP contribution in [0.4, 0.5) is 11.7 Å². The van der Waals surface area contributed by atoms with Crippen molar-refractivity contribution in [3.63, 3.8) is 0 Å². The molecule has 0 aliphatic carbocycles. The second-order valence-corrected chi connectivity index (χ2v) is 5.03. The van der Waals surface area contributed by atoms with Crippen LogP contribution < -0.4 is 10.6 Å². The fraction of sp³-hybridized carbons (Fsp3) is 0.533. The first kappa shape index (κ1) is 13.7. The SMILES string of the molecule is CCCCN(c1nc2ccc(N)cc2o1)C(C)CC. The molecule has 1 unspecified atom stereocenters. The van der Waals surface area contributed by atoms with E-state index in [1.807, 2.05) is 18.2 Å². The zero-order chi connectivity index (χ0) is 13.8. The number of hydrogen-bond donors (Lipinski definition) is 1. The number of unbranched alkanes of at least 4 members (excludes halogenated alkanes) is 1. The number of nitrogens with zero attached hydrogens (tertiary/aromatic N) is 2. The number of fused-ring (bicyclic) bond motifs is 1. The van der Waals surface area contributed by atoms with E-state index in [0.29, 0.717) is 17.7 Å². The summed E-state index contributed by atoms with van der Waals surface area (Å²) in [5, 5.41) is 0. The van der Waals surface area contributed by atoms with Gasteiger partial charge in [0.25, 0.3) is 6.01 Å². The average molecular weight is 261 g/mol. The normalized spacial score (nSPS) is 12.8. The number of rotatable bonds is 6. The van der Waals surface area contributed by atoms with Crippen molar-refractivity contribution in [2.24, 2.45) is 0 Å². The second kappa shape index (κ2) is 5.95. The smallest absolute Gasteiger partial charge is 0.298 e. The Labute approximate surface area is 114 Å². The average Bonchev–Trinajstić information content (AvgIpc) is 2.81. The Balaban J connectivity index is 2.32. The van der Waals surface area contributed by atoms with Crippen LogP contribution >= 0.6 is 0 Å². The number of benzene rings is 1. The molecule has 0 amide bonds. The predicted octanol–water partition coefficient (Wildman–Crippen LogP) is 3.82. The molecule has 19 heavy (non-hydrogen) atoms. The Kier molecular flexibility index (Phi) is 4.30. The number of oxazole rings is 1. The molecule has 0 aliphatic heterocycles. The summed E-state index contributed by atoms with van der Waals surface area (Å²) in [4.78, 5) is 6.83. The van der Waals surface area contributed by atoms with Gasteiger partial charge in [-0.3, -0.25) is 0 Å². The minimum Gasteiger partial charge on any atom is -0.423 e. The Morgan fingerprint density at radius 3 is 2.84 bits per heavy atom. The van der Waals surface area contributed by atoms with E-state index in [0.717, 1.165) is 30.5 Å². The van der Waals surface area contributed by atoms with Crippen LogP contribution in [-0.4, -0.2) is 17.6 Å². The van der Waals surface area contributed by atoms with E-state index < -0.39 is 0 Å². The number of anilines is 2. The highest BCUT2D eigenvalue weighted by molar-refractivity contribution is 5.78. The van der Waals surface area contributed by atoms with Gasteiger partial charge in [-0.25, -0.2) is 0 Å². The molecular formula is C15H23N3O. The summed E-state index contributed by atoms with van der Waals surface area (Å²) >= 11 is 0. The van der Waals surface area contributed by atoms with Gasteiger partial charge >= 0.3 is 0 Å². The first-order chi connectivity index (χ1) is 9.15. The maximum atomic E-state index is 5.87. The van der Waals surface area contributed by atoms with Crippen LogP contribution in [0, 0.1) is 0 Å². The van der Waals surface area contributed by atoms with Crippen molar-refractivity contribution < 1.29 is 4.42 Å². The summed E-state index contributed by atoms with van der Waals surface area (Å²) in [5.74, 6) is 0. The zero-order valence-electron chi connectivity index (χ0n) is 12.0. The summed E-state index contributed by atoms with van der Waals surface area (Å²) in [6.07, 6.45) is 3.38. The van der Waals surface area contributed by atoms with Crippen molar-refractivity contribution >= 4 is 22.8 Å². The van der Waals surface area contributed by atoms with E-state index in [2.05, 4.69) is 30.7 Å². The molecule has 1 aromatic carbocycles. The van der Waals surface area contributed by atoms with Crippen LogP contribution in [0.2, 0.25) is 0 Å². The van der Waals surface area contributed by atoms with Crippen LogP contribution in [0.3, 0.4) is 0 Å². The van der Waals surface area contributed by atoms with Crippen molar-refractivity contribution in [1.29, 1.82) is 0 Å². The molecule has 0 radical (unpaired) electrons. The third-order valence-corrected chi connectivity index (χ3v) is 3.52. The summed E-state index contributed by atoms with van der Waals surface area (Å²) in [6, 6.07) is 6.74. The Morgan fingerprint density at radius 1 is 1.37 bits per heavy atom. The summed E-state index contributed by atoms with van der Waals surface area (Å²) in [6.45, 7) is 7.57. The standard InChI is InChI=1S/C15H23N3O/c1-4-6-9-18(11(3)5-2)15-17-13-8-7-12(16)10-14(13)19-15/h7-8,10-11H,4-6,9,16H2,1-3H3. The lowest BCUT2D eigenvalue weighted by Crippen LogP contribution is -2.33. The molecular weight excluding hydrogens is 238 g/mol. The van der Waals surface area contributed by atoms with Crippen LogP contribution in [0.5, 0.6) is 0 Å². The molecule has 4 heteroatoms. The molecule has 0 spiro atoms. The zero-order valence-corrected chi connectivity index (χ0v) is 12.0. The predicted molar refractivity (Wildman–Crippen MR) is 80.4 cm³/mol. The fourth-order valence-electron chi connectivity index (χ4n) is 2.11. The van der Waals surface area contributed by atoms with Crippen LogP contribution in [0.1, 0.15) is 40.0 Å². The molecule has 2 aromatic rings. The topological polar surface area (TPSA) is 55.3 Å². The van der Waals surface area contributed by atoms with E-state index in [1.165, 1.54) is 6.42 Å². The molecule has 1 heterocycles. The van der Waals surface area contributed by atoms with E-state index >= 15 is 0 Å². The van der Waals surface area contributed by atoms with Gasteiger partial charge in [0.15, 0.2) is 5.58 Å². The van der Waals surface area contributed by atoms with Crippen LogP contribution in [0.15, 0.2) is 22.6 Å². The molecule has 0 saturated heterocycles. The second-order valence-electron chi connectivity index (χ2n) is 5.03. The Morgan fingerprint density at radius 2 is 2.16 bits per heavy atom. The van der Waals surface area contributed by atoms with E-state index in [1.54, 1.807) is 0 Å². The molecule has 1 aromatic heterocycles. The van der Waals surface area contributed by atoms with Gasteiger partial charge in [-0.1, -0.05) is 20.3 Å². The summed E-state index contributed by atoms with van der Waals surface area (Å²) in [5.41, 5.74) is 8.11. The quantitative estimate of drug-likeness (QED) is 0.803. The van der Waals surface area contributed by atoms with Crippen LogP contribution in [-0.2, 0) is 0 Å². The lowest BCUT2D eigenvalue weighted by atomic mass is 10.2. The first-order valence-corrected chi connectivity index (χ1v) is 7.08. The summed E-state index contributed by atoms with van der Waals surface area (Å²) < 4.78 is 5.87. The van der Waals surface area contributed by atoms with Gasteiger partial charge in [0.1, 0.15) is 5.52 Å². The van der Waals surface area contributed by atoms with Gasteiger partial charge in [0.05, 0.1) is 0 Å². The van der Waals surface area contributed by atoms with E-state index in [9.17, 15) is 0 Å². The van der Waals surface area contributed by atoms with Gasteiger partial charge in [0.2, 0.25) is 0 Å². The maximum absolute atomic E-state index is 5.87. The van der Waals surface area contributed by atoms with Gasteiger partial charge in [-0.15, -0.1) is 0 Å². The molecule has 0 aliphatic rings. The maximum Gasteiger partial charge on any atom is 0.298 e. The number of aromatic nitrogens is 1. The summed E-state index contributed by atoms with van der Waals surface area (Å²) in [7, 11) is 0. The number of hydrogen-bond acceptors (Lipinski definition) is 4. The molecule has 0 bridgehead atoms. The lowest BCUT2D eigenvalue weighted by molar-refractivity contribution is 0.508. The highest BCUT2D eigenvalue weighted by Crippen LogP contribution is 2.25. The van der Waals surface area contributed by atoms with Crippen molar-refractivity contribution in [1.82, 2.24) is 4.98 Å². The minimum absolute atomic E-state index is 0.428. The van der Waals surface area contributed by atoms with Crippen molar-refractivity contribution in [2.75, 3.05) is 17.2 Å². The minimum atomic E-state index is 0.428. The van der Waals surface area contributed by atoms with Crippen molar-refractivity contribution in [3.8, 4) is 0 Å². The highest BCUT2D eigenvalue weighted by atomic mass is 16.4. The first-order valence-electron chi connectivity index (χ1n) is 7.08. The molecule has 0 fully saturated rings. The highest BCUT2D eigenvalue weighted by Gasteiger charge is 2.18. The monoisotopic (exact) mass is 261 g/mol. The molecule has 1 atom stereocenters. The van der Waals surface area contributed by atoms with E-state index in [4.69, 9.17) is 10.2 Å². The Bertz CT molecular complexity index is 535. The van der Waals surface area contributed by atoms with Crippen molar-refractivity contribution in [3.05, 3.63) is 18.2 Å². The lowest BCUT2D eigenvalue weighted by Gasteiger charge is -2.26. The van der Waals surface area contributed by atoms with Crippen LogP contribution in [0.25, 0.3) is 11.1 Å². The van der Waals surface area contributed by atoms with E-state index in [-0.39, 0.29) is 0 Å². The van der Waals surface area contributed by atoms with Crippen molar-refractivity contribution in [2.45, 2.75) is 46.1 Å². The number of nitrogens with two attached hydrogens (primary N) is 1. The van der Waals surface area contributed by atoms with Gasteiger partial charge in [0, 0.05) is 24.3 Å². The fourth-order valence-corrected chi connectivity index (χ4v) is 2.11. The van der Waals surface area contributed by atoms with Gasteiger partial charge in [-0.05, 0) is 31.9 Å². The molecule has 0 saturated carbocycles. The third kappa shape index (κ3) is 3.00. The third-order valence-electron chi connectivity index (χ3n) is 3.52. The molecule has 4 nitrogen and oxygen atoms in total. The molecule has 2 N–H and O–H groups in total. The largest absolute Gasteiger partial charge is 0.423 e.